The second-order valence-corrected chi connectivity index (χ2v) is 6.12. The third-order valence-electron chi connectivity index (χ3n) is 3.46. The Labute approximate surface area is 130 Å². The molecule has 1 aliphatic heterocycles. The minimum atomic E-state index is -0.0751. The normalized spacial score (nSPS) is 18.1. The van der Waals surface area contributed by atoms with Crippen molar-refractivity contribution in [2.45, 2.75) is 12.6 Å². The number of amides is 1. The van der Waals surface area contributed by atoms with Crippen molar-refractivity contribution >= 4 is 17.7 Å². The zero-order valence-electron chi connectivity index (χ0n) is 12.7. The summed E-state index contributed by atoms with van der Waals surface area (Å²) in [6, 6.07) is 5.65. The van der Waals surface area contributed by atoms with Crippen LogP contribution in [-0.2, 0) is 11.3 Å². The Morgan fingerprint density at radius 2 is 2.14 bits per heavy atom. The lowest BCUT2D eigenvalue weighted by molar-refractivity contribution is -0.132. The average molecular weight is 310 g/mol. The van der Waals surface area contributed by atoms with E-state index in [2.05, 4.69) is 5.32 Å². The van der Waals surface area contributed by atoms with Gasteiger partial charge in [0.2, 0.25) is 5.91 Å². The van der Waals surface area contributed by atoms with Gasteiger partial charge in [-0.25, -0.2) is 0 Å². The predicted octanol–water partition coefficient (Wildman–Crippen LogP) is 1.37. The molecule has 21 heavy (non-hydrogen) atoms. The number of thioether (sulfide) groups is 1. The molecule has 1 amide bonds. The van der Waals surface area contributed by atoms with Crippen molar-refractivity contribution in [3.05, 3.63) is 23.8 Å². The zero-order valence-corrected chi connectivity index (χ0v) is 13.5. The molecule has 2 rings (SSSR count). The maximum atomic E-state index is 12.4. The lowest BCUT2D eigenvalue weighted by Gasteiger charge is -2.27. The molecule has 1 unspecified atom stereocenters. The van der Waals surface area contributed by atoms with E-state index in [0.717, 1.165) is 23.6 Å². The molecule has 1 atom stereocenters. The highest BCUT2D eigenvalue weighted by Gasteiger charge is 2.24. The van der Waals surface area contributed by atoms with Crippen LogP contribution in [-0.4, -0.2) is 56.2 Å². The molecule has 1 aliphatic rings. The van der Waals surface area contributed by atoms with E-state index < -0.39 is 0 Å². The molecule has 0 spiro atoms. The highest BCUT2D eigenvalue weighted by Crippen LogP contribution is 2.28. The van der Waals surface area contributed by atoms with Crippen LogP contribution in [0.5, 0.6) is 11.5 Å². The molecule has 1 heterocycles. The summed E-state index contributed by atoms with van der Waals surface area (Å²) in [5.41, 5.74) is 1.02. The Morgan fingerprint density at radius 3 is 2.76 bits per heavy atom. The number of carbonyl (C=O) groups is 1. The smallest absolute Gasteiger partial charge is 0.240 e. The summed E-state index contributed by atoms with van der Waals surface area (Å²) < 4.78 is 10.5. The number of nitrogens with one attached hydrogen (secondary N) is 1. The molecule has 0 aromatic heterocycles. The Morgan fingerprint density at radius 1 is 1.38 bits per heavy atom. The summed E-state index contributed by atoms with van der Waals surface area (Å²) >= 11 is 1.82. The first-order chi connectivity index (χ1) is 10.2. The molecule has 1 aromatic carbocycles. The van der Waals surface area contributed by atoms with Crippen molar-refractivity contribution in [2.75, 3.05) is 39.3 Å². The molecule has 0 radical (unpaired) electrons. The van der Waals surface area contributed by atoms with Crippen LogP contribution in [0.15, 0.2) is 18.2 Å². The van der Waals surface area contributed by atoms with Gasteiger partial charge in [0, 0.05) is 31.6 Å². The Hall–Kier alpha value is -1.40. The van der Waals surface area contributed by atoms with Crippen LogP contribution >= 0.6 is 11.8 Å². The molecule has 0 aliphatic carbocycles. The van der Waals surface area contributed by atoms with Crippen LogP contribution < -0.4 is 14.8 Å². The quantitative estimate of drug-likeness (QED) is 0.890. The number of nitrogens with zero attached hydrogens (tertiary/aromatic N) is 1. The van der Waals surface area contributed by atoms with Crippen LogP contribution in [0.2, 0.25) is 0 Å². The van der Waals surface area contributed by atoms with Crippen LogP contribution in [0.25, 0.3) is 0 Å². The van der Waals surface area contributed by atoms with Crippen molar-refractivity contribution in [1.29, 1.82) is 0 Å². The lowest BCUT2D eigenvalue weighted by atomic mass is 10.1. The van der Waals surface area contributed by atoms with E-state index >= 15 is 0 Å². The molecule has 1 saturated heterocycles. The van der Waals surface area contributed by atoms with Gasteiger partial charge < -0.3 is 19.7 Å². The van der Waals surface area contributed by atoms with Crippen LogP contribution in [0, 0.1) is 0 Å². The topological polar surface area (TPSA) is 50.8 Å². The average Bonchev–Trinajstić information content (AvgIpc) is 2.54. The fourth-order valence-corrected chi connectivity index (χ4v) is 3.25. The largest absolute Gasteiger partial charge is 0.493 e. The molecule has 5 nitrogen and oxygen atoms in total. The van der Waals surface area contributed by atoms with E-state index in [-0.39, 0.29) is 11.9 Å². The van der Waals surface area contributed by atoms with Crippen molar-refractivity contribution in [1.82, 2.24) is 10.2 Å². The van der Waals surface area contributed by atoms with Gasteiger partial charge in [-0.05, 0) is 17.7 Å². The summed E-state index contributed by atoms with van der Waals surface area (Å²) in [6.07, 6.45) is 0. The maximum Gasteiger partial charge on any atom is 0.240 e. The minimum Gasteiger partial charge on any atom is -0.493 e. The highest BCUT2D eigenvalue weighted by molar-refractivity contribution is 7.99. The number of carbonyl (C=O) groups excluding carboxylic acids is 1. The van der Waals surface area contributed by atoms with Gasteiger partial charge >= 0.3 is 0 Å². The van der Waals surface area contributed by atoms with Gasteiger partial charge in [0.05, 0.1) is 20.3 Å². The van der Waals surface area contributed by atoms with Gasteiger partial charge in [0.25, 0.3) is 0 Å². The van der Waals surface area contributed by atoms with E-state index in [4.69, 9.17) is 9.47 Å². The first-order valence-electron chi connectivity index (χ1n) is 6.92. The number of rotatable bonds is 5. The van der Waals surface area contributed by atoms with Gasteiger partial charge in [-0.3, -0.25) is 4.79 Å². The molecule has 1 fully saturated rings. The van der Waals surface area contributed by atoms with Gasteiger partial charge in [-0.1, -0.05) is 6.07 Å². The summed E-state index contributed by atoms with van der Waals surface area (Å²) in [7, 11) is 5.05. The third-order valence-corrected chi connectivity index (χ3v) is 4.53. The van der Waals surface area contributed by atoms with Crippen LogP contribution in [0.3, 0.4) is 0 Å². The fourth-order valence-electron chi connectivity index (χ4n) is 2.32. The first kappa shape index (κ1) is 16.0. The second-order valence-electron chi connectivity index (χ2n) is 4.97. The second kappa shape index (κ2) is 7.56. The van der Waals surface area contributed by atoms with Gasteiger partial charge in [-0.2, -0.15) is 11.8 Å². The number of likely N-dealkylation sites (N-methyl/N-ethyl adjacent to an activating group) is 1. The SMILES string of the molecule is COc1ccc(CN(C)C(=O)C2CSCCN2)cc1OC. The molecule has 1 N–H and O–H groups in total. The summed E-state index contributed by atoms with van der Waals surface area (Å²) in [4.78, 5) is 14.1. The minimum absolute atomic E-state index is 0.0751. The van der Waals surface area contributed by atoms with E-state index in [1.54, 1.807) is 19.1 Å². The monoisotopic (exact) mass is 310 g/mol. The van der Waals surface area contributed by atoms with E-state index in [1.165, 1.54) is 0 Å². The number of hydrogen-bond acceptors (Lipinski definition) is 5. The molecule has 116 valence electrons. The third kappa shape index (κ3) is 4.04. The number of benzene rings is 1. The number of hydrogen-bond donors (Lipinski definition) is 1. The summed E-state index contributed by atoms with van der Waals surface area (Å²) in [5, 5.41) is 3.27. The molecular weight excluding hydrogens is 288 g/mol. The standard InChI is InChI=1S/C15H22N2O3S/c1-17(15(18)12-10-21-7-6-16-12)9-11-4-5-13(19-2)14(8-11)20-3/h4-5,8,12,16H,6-7,9-10H2,1-3H3. The van der Waals surface area contributed by atoms with Crippen molar-refractivity contribution < 1.29 is 14.3 Å². The van der Waals surface area contributed by atoms with E-state index in [9.17, 15) is 4.79 Å². The summed E-state index contributed by atoms with van der Waals surface area (Å²) in [6.45, 7) is 1.45. The van der Waals surface area contributed by atoms with Crippen molar-refractivity contribution in [2.24, 2.45) is 0 Å². The number of ether oxygens (including phenoxy) is 2. The maximum absolute atomic E-state index is 12.4. The van der Waals surface area contributed by atoms with Crippen molar-refractivity contribution in [3.8, 4) is 11.5 Å². The first-order valence-corrected chi connectivity index (χ1v) is 8.08. The van der Waals surface area contributed by atoms with Gasteiger partial charge in [0.1, 0.15) is 0 Å². The Kier molecular flexibility index (Phi) is 5.76. The molecule has 1 aromatic rings. The number of methoxy groups -OCH3 is 2. The van der Waals surface area contributed by atoms with Crippen molar-refractivity contribution in [3.63, 3.8) is 0 Å². The van der Waals surface area contributed by atoms with Gasteiger partial charge in [0.15, 0.2) is 11.5 Å². The van der Waals surface area contributed by atoms with Crippen LogP contribution in [0.1, 0.15) is 5.56 Å². The highest BCUT2D eigenvalue weighted by atomic mass is 32.2. The Balaban J connectivity index is 2.01. The van der Waals surface area contributed by atoms with Gasteiger partial charge in [-0.15, -0.1) is 0 Å². The van der Waals surface area contributed by atoms with Crippen LogP contribution in [0.4, 0.5) is 0 Å². The molecular formula is C15H22N2O3S. The molecule has 6 heteroatoms. The molecule has 0 saturated carbocycles. The van der Waals surface area contributed by atoms with E-state index in [0.29, 0.717) is 18.0 Å². The lowest BCUT2D eigenvalue weighted by Crippen LogP contribution is -2.49. The fraction of sp³-hybridized carbons (Fsp3) is 0.533. The molecule has 0 bridgehead atoms. The zero-order chi connectivity index (χ0) is 15.2. The predicted molar refractivity (Wildman–Crippen MR) is 85.1 cm³/mol. The Bertz CT molecular complexity index is 490. The van der Waals surface area contributed by atoms with E-state index in [1.807, 2.05) is 37.0 Å². The summed E-state index contributed by atoms with van der Waals surface area (Å²) in [5.74, 6) is 3.43.